The molecule has 2 N–H and O–H groups in total. The maximum absolute atomic E-state index is 11.8. The lowest BCUT2D eigenvalue weighted by atomic mass is 10.2. The minimum atomic E-state index is -0.0816. The lowest BCUT2D eigenvalue weighted by Gasteiger charge is -2.20. The summed E-state index contributed by atoms with van der Waals surface area (Å²) >= 11 is 0. The Balaban J connectivity index is 2.46. The molecule has 0 spiro atoms. The second-order valence-corrected chi connectivity index (χ2v) is 3.84. The summed E-state index contributed by atoms with van der Waals surface area (Å²) in [6.07, 6.45) is 4.10. The van der Waals surface area contributed by atoms with Crippen LogP contribution < -0.4 is 16.2 Å². The summed E-state index contributed by atoms with van der Waals surface area (Å²) in [5, 5.41) is 4.04. The molecule has 0 aromatic carbocycles. The molecule has 1 aliphatic rings. The zero-order valence-corrected chi connectivity index (χ0v) is 8.94. The van der Waals surface area contributed by atoms with Crippen molar-refractivity contribution >= 4 is 5.69 Å². The second-order valence-electron chi connectivity index (χ2n) is 3.84. The average molecular weight is 208 g/mol. The topological polar surface area (TPSA) is 64.2 Å². The quantitative estimate of drug-likeness (QED) is 0.733. The van der Waals surface area contributed by atoms with Gasteiger partial charge in [-0.05, 0) is 12.8 Å². The maximum Gasteiger partial charge on any atom is 0.273 e. The highest BCUT2D eigenvalue weighted by molar-refractivity contribution is 5.51. The van der Waals surface area contributed by atoms with Crippen LogP contribution in [0.25, 0.3) is 0 Å². The van der Waals surface area contributed by atoms with Crippen LogP contribution in [0.4, 0.5) is 5.69 Å². The first kappa shape index (κ1) is 10.2. The van der Waals surface area contributed by atoms with Crippen LogP contribution in [-0.2, 0) is 13.6 Å². The van der Waals surface area contributed by atoms with Gasteiger partial charge >= 0.3 is 0 Å². The van der Waals surface area contributed by atoms with Gasteiger partial charge in [-0.25, -0.2) is 4.68 Å². The Bertz CT molecular complexity index is 406. The smallest absolute Gasteiger partial charge is 0.273 e. The molecule has 1 saturated heterocycles. The molecule has 2 heterocycles. The van der Waals surface area contributed by atoms with E-state index < -0.39 is 0 Å². The van der Waals surface area contributed by atoms with Crippen molar-refractivity contribution in [1.29, 1.82) is 0 Å². The van der Waals surface area contributed by atoms with Crippen LogP contribution >= 0.6 is 0 Å². The fourth-order valence-corrected chi connectivity index (χ4v) is 2.00. The number of nitrogens with two attached hydrogens (primary N) is 1. The second kappa shape index (κ2) is 4.02. The summed E-state index contributed by atoms with van der Waals surface area (Å²) in [7, 11) is 1.65. The first-order valence-electron chi connectivity index (χ1n) is 5.24. The van der Waals surface area contributed by atoms with E-state index in [0.717, 1.165) is 18.8 Å². The van der Waals surface area contributed by atoms with Gasteiger partial charge in [0.15, 0.2) is 0 Å². The van der Waals surface area contributed by atoms with E-state index in [9.17, 15) is 4.79 Å². The number of aryl methyl sites for hydroxylation is 1. The van der Waals surface area contributed by atoms with Gasteiger partial charge in [0.25, 0.3) is 5.56 Å². The molecule has 5 nitrogen and oxygen atoms in total. The molecule has 0 atom stereocenters. The number of nitrogens with zero attached hydrogens (tertiary/aromatic N) is 3. The van der Waals surface area contributed by atoms with Gasteiger partial charge < -0.3 is 10.6 Å². The monoisotopic (exact) mass is 208 g/mol. The summed E-state index contributed by atoms with van der Waals surface area (Å²) in [5.74, 6) is 0. The SMILES string of the molecule is Cn1ncc(N2CCCC2)c(CN)c1=O. The Morgan fingerprint density at radius 2 is 2.13 bits per heavy atom. The van der Waals surface area contributed by atoms with Crippen molar-refractivity contribution in [2.45, 2.75) is 19.4 Å². The van der Waals surface area contributed by atoms with Gasteiger partial charge in [0.1, 0.15) is 0 Å². The van der Waals surface area contributed by atoms with E-state index in [2.05, 4.69) is 10.00 Å². The molecular formula is C10H16N4O. The van der Waals surface area contributed by atoms with Crippen molar-refractivity contribution in [2.24, 2.45) is 12.8 Å². The lowest BCUT2D eigenvalue weighted by molar-refractivity contribution is 0.688. The van der Waals surface area contributed by atoms with Crippen molar-refractivity contribution in [3.05, 3.63) is 22.1 Å². The van der Waals surface area contributed by atoms with Gasteiger partial charge in [0.2, 0.25) is 0 Å². The minimum Gasteiger partial charge on any atom is -0.370 e. The zero-order valence-electron chi connectivity index (χ0n) is 8.94. The third-order valence-electron chi connectivity index (χ3n) is 2.87. The van der Waals surface area contributed by atoms with Crippen molar-refractivity contribution in [3.63, 3.8) is 0 Å². The molecule has 0 unspecified atom stereocenters. The maximum atomic E-state index is 11.8. The fourth-order valence-electron chi connectivity index (χ4n) is 2.00. The van der Waals surface area contributed by atoms with E-state index in [-0.39, 0.29) is 12.1 Å². The van der Waals surface area contributed by atoms with Crippen LogP contribution in [-0.4, -0.2) is 22.9 Å². The fraction of sp³-hybridized carbons (Fsp3) is 0.600. The van der Waals surface area contributed by atoms with Crippen molar-refractivity contribution in [1.82, 2.24) is 9.78 Å². The summed E-state index contributed by atoms with van der Waals surface area (Å²) in [4.78, 5) is 14.0. The van der Waals surface area contributed by atoms with Gasteiger partial charge in [-0.15, -0.1) is 0 Å². The van der Waals surface area contributed by atoms with Crippen molar-refractivity contribution in [3.8, 4) is 0 Å². The summed E-state index contributed by atoms with van der Waals surface area (Å²) in [6.45, 7) is 2.28. The number of hydrogen-bond acceptors (Lipinski definition) is 4. The van der Waals surface area contributed by atoms with E-state index in [1.165, 1.54) is 17.5 Å². The van der Waals surface area contributed by atoms with E-state index in [1.807, 2.05) is 0 Å². The molecule has 1 aromatic heterocycles. The predicted molar refractivity (Wildman–Crippen MR) is 58.8 cm³/mol. The van der Waals surface area contributed by atoms with Crippen LogP contribution in [0.3, 0.4) is 0 Å². The molecule has 0 aliphatic carbocycles. The molecule has 2 rings (SSSR count). The normalized spacial score (nSPS) is 16.0. The minimum absolute atomic E-state index is 0.0816. The van der Waals surface area contributed by atoms with Gasteiger partial charge in [-0.1, -0.05) is 0 Å². The predicted octanol–water partition coefficient (Wildman–Crippen LogP) is -0.161. The summed E-state index contributed by atoms with van der Waals surface area (Å²) < 4.78 is 1.34. The Morgan fingerprint density at radius 3 is 2.73 bits per heavy atom. The van der Waals surface area contributed by atoms with E-state index >= 15 is 0 Å². The van der Waals surface area contributed by atoms with Gasteiger partial charge in [0, 0.05) is 26.7 Å². The van der Waals surface area contributed by atoms with Crippen LogP contribution in [0.1, 0.15) is 18.4 Å². The standard InChI is InChI=1S/C10H16N4O/c1-13-10(15)8(6-11)9(7-12-13)14-4-2-3-5-14/h7H,2-6,11H2,1H3. The Hall–Kier alpha value is -1.36. The molecule has 1 fully saturated rings. The number of hydrogen-bond donors (Lipinski definition) is 1. The summed E-state index contributed by atoms with van der Waals surface area (Å²) in [6, 6.07) is 0. The molecule has 15 heavy (non-hydrogen) atoms. The van der Waals surface area contributed by atoms with Crippen molar-refractivity contribution < 1.29 is 0 Å². The number of aromatic nitrogens is 2. The third-order valence-corrected chi connectivity index (χ3v) is 2.87. The Kier molecular flexibility index (Phi) is 2.73. The summed E-state index contributed by atoms with van der Waals surface area (Å²) in [5.41, 5.74) is 7.13. The average Bonchev–Trinajstić information content (AvgIpc) is 2.75. The molecule has 5 heteroatoms. The first-order chi connectivity index (χ1) is 7.24. The molecule has 1 aromatic rings. The van der Waals surface area contributed by atoms with Gasteiger partial charge in [-0.2, -0.15) is 5.10 Å². The van der Waals surface area contributed by atoms with Crippen molar-refractivity contribution in [2.75, 3.05) is 18.0 Å². The Labute approximate surface area is 88.5 Å². The Morgan fingerprint density at radius 1 is 1.47 bits per heavy atom. The highest BCUT2D eigenvalue weighted by Gasteiger charge is 2.17. The van der Waals surface area contributed by atoms with E-state index in [0.29, 0.717) is 5.56 Å². The van der Waals surface area contributed by atoms with Crippen LogP contribution in [0, 0.1) is 0 Å². The molecule has 0 radical (unpaired) electrons. The molecule has 82 valence electrons. The lowest BCUT2D eigenvalue weighted by Crippen LogP contribution is -2.30. The zero-order chi connectivity index (χ0) is 10.8. The largest absolute Gasteiger partial charge is 0.370 e. The number of rotatable bonds is 2. The third kappa shape index (κ3) is 1.74. The molecule has 0 amide bonds. The number of anilines is 1. The van der Waals surface area contributed by atoms with Crippen LogP contribution in [0.5, 0.6) is 0 Å². The molecule has 0 bridgehead atoms. The molecule has 0 saturated carbocycles. The van der Waals surface area contributed by atoms with Gasteiger partial charge in [-0.3, -0.25) is 4.79 Å². The van der Waals surface area contributed by atoms with Crippen LogP contribution in [0.2, 0.25) is 0 Å². The molecular weight excluding hydrogens is 192 g/mol. The highest BCUT2D eigenvalue weighted by atomic mass is 16.1. The van der Waals surface area contributed by atoms with Gasteiger partial charge in [0.05, 0.1) is 17.4 Å². The molecule has 1 aliphatic heterocycles. The highest BCUT2D eigenvalue weighted by Crippen LogP contribution is 2.20. The first-order valence-corrected chi connectivity index (χ1v) is 5.24. The van der Waals surface area contributed by atoms with Crippen LogP contribution in [0.15, 0.2) is 11.0 Å². The van der Waals surface area contributed by atoms with E-state index in [4.69, 9.17) is 5.73 Å². The van der Waals surface area contributed by atoms with E-state index in [1.54, 1.807) is 13.2 Å².